The van der Waals surface area contributed by atoms with Gasteiger partial charge in [0, 0.05) is 31.5 Å². The zero-order valence-corrected chi connectivity index (χ0v) is 25.7. The summed E-state index contributed by atoms with van der Waals surface area (Å²) in [6.45, 7) is 2.35. The first-order chi connectivity index (χ1) is 20.7. The van der Waals surface area contributed by atoms with Gasteiger partial charge in [0.2, 0.25) is 0 Å². The third-order valence-corrected chi connectivity index (χ3v) is 11.2. The number of hydrogen-bond donors (Lipinski definition) is 1. The molecule has 1 N–H and O–H groups in total. The molecular weight excluding hydrogens is 562 g/mol. The maximum atomic E-state index is 13.5. The summed E-state index contributed by atoms with van der Waals surface area (Å²) in [4.78, 5) is 24.2. The molecule has 224 valence electrons. The van der Waals surface area contributed by atoms with Gasteiger partial charge in [-0.3, -0.25) is 14.0 Å². The Kier molecular flexibility index (Phi) is 6.93. The molecule has 0 unspecified atom stereocenters. The van der Waals surface area contributed by atoms with Gasteiger partial charge in [0.25, 0.3) is 0 Å². The fourth-order valence-corrected chi connectivity index (χ4v) is 7.82. The standard InChI is InChI=1S/C33H37N5O4S/c1-36-27-19-34-32-29(31(27)38(33(36)39)24-5-4-6-24)28(22-11-13-25(42-2)14-12-22)30(35-32)23-9-7-21(8-10-23)20-37-17-15-26(16-18-37)43(3,40)41/h7-14,19,24,26H,4-6,15-18,20H2,1-3H3,(H,34,35). The molecule has 7 rings (SSSR count). The monoisotopic (exact) mass is 599 g/mol. The number of imidazole rings is 1. The van der Waals surface area contributed by atoms with Crippen LogP contribution in [-0.4, -0.2) is 64.1 Å². The van der Waals surface area contributed by atoms with E-state index in [0.717, 1.165) is 89.1 Å². The summed E-state index contributed by atoms with van der Waals surface area (Å²) in [5.74, 6) is 0.782. The number of fused-ring (bicyclic) bond motifs is 3. The van der Waals surface area contributed by atoms with E-state index in [1.165, 1.54) is 11.8 Å². The SMILES string of the molecule is COc1ccc(-c2c(-c3ccc(CN4CCC(S(C)(=O)=O)CC4)cc3)[nH]c3ncc4c(c23)n(C2CCC2)c(=O)n4C)cc1. The van der Waals surface area contributed by atoms with Crippen LogP contribution in [0.3, 0.4) is 0 Å². The molecule has 1 aliphatic heterocycles. The Morgan fingerprint density at radius 3 is 2.26 bits per heavy atom. The van der Waals surface area contributed by atoms with Gasteiger partial charge in [-0.25, -0.2) is 18.2 Å². The van der Waals surface area contributed by atoms with Gasteiger partial charge in [0.15, 0.2) is 0 Å². The van der Waals surface area contributed by atoms with Crippen molar-refractivity contribution in [2.24, 2.45) is 7.05 Å². The average molecular weight is 600 g/mol. The van der Waals surface area contributed by atoms with Crippen LogP contribution in [0.1, 0.15) is 43.7 Å². The summed E-state index contributed by atoms with van der Waals surface area (Å²) in [6.07, 6.45) is 7.67. The van der Waals surface area contributed by atoms with E-state index in [2.05, 4.69) is 46.3 Å². The summed E-state index contributed by atoms with van der Waals surface area (Å²) >= 11 is 0. The number of H-pyrrole nitrogens is 1. The van der Waals surface area contributed by atoms with Gasteiger partial charge in [-0.1, -0.05) is 36.4 Å². The van der Waals surface area contributed by atoms with Crippen molar-refractivity contribution < 1.29 is 13.2 Å². The van der Waals surface area contributed by atoms with E-state index >= 15 is 0 Å². The molecule has 3 aromatic heterocycles. The quantitative estimate of drug-likeness (QED) is 0.273. The lowest BCUT2D eigenvalue weighted by molar-refractivity contribution is 0.222. The van der Waals surface area contributed by atoms with Gasteiger partial charge in [0.1, 0.15) is 21.2 Å². The minimum atomic E-state index is -2.98. The van der Waals surface area contributed by atoms with Crippen LogP contribution in [0.25, 0.3) is 44.5 Å². The first-order valence-electron chi connectivity index (χ1n) is 15.0. The van der Waals surface area contributed by atoms with Gasteiger partial charge in [0.05, 0.1) is 40.7 Å². The van der Waals surface area contributed by atoms with Crippen molar-refractivity contribution in [3.8, 4) is 28.1 Å². The Morgan fingerprint density at radius 1 is 0.977 bits per heavy atom. The second-order valence-corrected chi connectivity index (χ2v) is 14.4. The highest BCUT2D eigenvalue weighted by atomic mass is 32.2. The number of benzene rings is 2. The second kappa shape index (κ2) is 10.7. The van der Waals surface area contributed by atoms with Crippen molar-refractivity contribution in [1.82, 2.24) is 24.0 Å². The summed E-state index contributed by atoms with van der Waals surface area (Å²) in [5, 5.41) is 0.731. The summed E-state index contributed by atoms with van der Waals surface area (Å²) in [6, 6.07) is 16.8. The van der Waals surface area contributed by atoms with Crippen LogP contribution in [0.5, 0.6) is 5.75 Å². The van der Waals surface area contributed by atoms with E-state index in [4.69, 9.17) is 9.72 Å². The molecule has 5 aromatic rings. The Balaban J connectivity index is 1.31. The van der Waals surface area contributed by atoms with E-state index < -0.39 is 9.84 Å². The number of piperidine rings is 1. The van der Waals surface area contributed by atoms with Crippen LogP contribution in [0, 0.1) is 0 Å². The number of ether oxygens (including phenoxy) is 1. The molecule has 0 atom stereocenters. The lowest BCUT2D eigenvalue weighted by atomic mass is 9.92. The first kappa shape index (κ1) is 27.9. The number of aromatic amines is 1. The highest BCUT2D eigenvalue weighted by Gasteiger charge is 2.29. The molecule has 43 heavy (non-hydrogen) atoms. The minimum Gasteiger partial charge on any atom is -0.497 e. The zero-order valence-electron chi connectivity index (χ0n) is 24.8. The van der Waals surface area contributed by atoms with E-state index in [-0.39, 0.29) is 17.0 Å². The third-order valence-electron chi connectivity index (χ3n) is 9.48. The van der Waals surface area contributed by atoms with E-state index in [9.17, 15) is 13.2 Å². The number of aryl methyl sites for hydroxylation is 1. The van der Waals surface area contributed by atoms with Crippen LogP contribution >= 0.6 is 0 Å². The van der Waals surface area contributed by atoms with Crippen LogP contribution in [0.15, 0.2) is 59.5 Å². The maximum absolute atomic E-state index is 13.5. The Labute approximate surface area is 251 Å². The number of likely N-dealkylation sites (tertiary alicyclic amines) is 1. The molecule has 2 fully saturated rings. The molecule has 4 heterocycles. The molecular formula is C33H37N5O4S. The van der Waals surface area contributed by atoms with Crippen LogP contribution in [-0.2, 0) is 23.4 Å². The number of sulfone groups is 1. The molecule has 9 nitrogen and oxygen atoms in total. The Hall–Kier alpha value is -3.89. The molecule has 1 aliphatic carbocycles. The maximum Gasteiger partial charge on any atom is 0.329 e. The number of methoxy groups -OCH3 is 1. The van der Waals surface area contributed by atoms with Crippen molar-refractivity contribution in [3.05, 3.63) is 70.8 Å². The van der Waals surface area contributed by atoms with Crippen LogP contribution in [0.2, 0.25) is 0 Å². The number of pyridine rings is 1. The third kappa shape index (κ3) is 4.86. The molecule has 10 heteroatoms. The fourth-order valence-electron chi connectivity index (χ4n) is 6.76. The summed E-state index contributed by atoms with van der Waals surface area (Å²) < 4.78 is 33.1. The largest absolute Gasteiger partial charge is 0.497 e. The highest BCUT2D eigenvalue weighted by Crippen LogP contribution is 2.43. The van der Waals surface area contributed by atoms with E-state index in [1.54, 1.807) is 11.7 Å². The number of nitrogens with zero attached hydrogens (tertiary/aromatic N) is 4. The van der Waals surface area contributed by atoms with E-state index in [1.807, 2.05) is 29.9 Å². The first-order valence-corrected chi connectivity index (χ1v) is 16.9. The van der Waals surface area contributed by atoms with Crippen molar-refractivity contribution in [3.63, 3.8) is 0 Å². The molecule has 2 aliphatic rings. The summed E-state index contributed by atoms with van der Waals surface area (Å²) in [5.41, 5.74) is 7.74. The molecule has 0 amide bonds. The number of rotatable bonds is 7. The topological polar surface area (TPSA) is 102 Å². The lowest BCUT2D eigenvalue weighted by Gasteiger charge is -2.31. The molecule has 0 radical (unpaired) electrons. The van der Waals surface area contributed by atoms with Gasteiger partial charge in [-0.15, -0.1) is 0 Å². The van der Waals surface area contributed by atoms with Gasteiger partial charge in [-0.05, 0) is 74.0 Å². The van der Waals surface area contributed by atoms with E-state index in [0.29, 0.717) is 12.8 Å². The van der Waals surface area contributed by atoms with Gasteiger partial charge >= 0.3 is 5.69 Å². The number of hydrogen-bond acceptors (Lipinski definition) is 6. The normalized spacial score (nSPS) is 17.1. The van der Waals surface area contributed by atoms with Crippen molar-refractivity contribution in [2.45, 2.75) is 49.9 Å². The predicted molar refractivity (Wildman–Crippen MR) is 170 cm³/mol. The smallest absolute Gasteiger partial charge is 0.329 e. The second-order valence-electron chi connectivity index (χ2n) is 12.1. The summed E-state index contributed by atoms with van der Waals surface area (Å²) in [7, 11) is 0.509. The molecule has 1 saturated carbocycles. The van der Waals surface area contributed by atoms with Crippen LogP contribution < -0.4 is 10.4 Å². The average Bonchev–Trinajstić information content (AvgIpc) is 3.48. The van der Waals surface area contributed by atoms with Gasteiger partial charge < -0.3 is 9.72 Å². The molecule has 0 spiro atoms. The van der Waals surface area contributed by atoms with Gasteiger partial charge in [-0.2, -0.15) is 0 Å². The Bertz CT molecular complexity index is 1980. The van der Waals surface area contributed by atoms with Crippen molar-refractivity contribution in [1.29, 1.82) is 0 Å². The Morgan fingerprint density at radius 2 is 1.65 bits per heavy atom. The highest BCUT2D eigenvalue weighted by molar-refractivity contribution is 7.91. The molecule has 0 bridgehead atoms. The fraction of sp³-hybridized carbons (Fsp3) is 0.394. The number of nitrogens with one attached hydrogen (secondary N) is 1. The zero-order chi connectivity index (χ0) is 29.9. The molecule has 1 saturated heterocycles. The van der Waals surface area contributed by atoms with Crippen molar-refractivity contribution in [2.75, 3.05) is 26.5 Å². The minimum absolute atomic E-state index is 0.00218. The van der Waals surface area contributed by atoms with Crippen molar-refractivity contribution >= 4 is 31.9 Å². The van der Waals surface area contributed by atoms with Crippen LogP contribution in [0.4, 0.5) is 0 Å². The molecule has 2 aromatic carbocycles. The predicted octanol–water partition coefficient (Wildman–Crippen LogP) is 5.29. The number of aromatic nitrogens is 4. The lowest BCUT2D eigenvalue weighted by Crippen LogP contribution is -2.38.